The van der Waals surface area contributed by atoms with Gasteiger partial charge in [-0.2, -0.15) is 0 Å². The average molecular weight is 348 g/mol. The topological polar surface area (TPSA) is 78.4 Å². The Bertz CT molecular complexity index is 778. The number of aliphatic hydroxyl groups excluding tert-OH is 1. The predicted octanol–water partition coefficient (Wildman–Crippen LogP) is 2.45. The first-order chi connectivity index (χ1) is 11.8. The van der Waals surface area contributed by atoms with E-state index in [1.807, 2.05) is 0 Å². The number of halogens is 2. The number of aryl methyl sites for hydroxylation is 1. The molecule has 0 radical (unpaired) electrons. The van der Waals surface area contributed by atoms with Crippen molar-refractivity contribution in [1.82, 2.24) is 5.32 Å². The molecule has 2 aromatic carbocycles. The van der Waals surface area contributed by atoms with Crippen LogP contribution < -0.4 is 10.6 Å². The Hall–Kier alpha value is -2.80. The molecule has 2 atom stereocenters. The average Bonchev–Trinajstić information content (AvgIpc) is 2.58. The maximum atomic E-state index is 13.5. The van der Waals surface area contributed by atoms with Gasteiger partial charge in [-0.05, 0) is 49.2 Å². The molecule has 0 saturated carbocycles. The van der Waals surface area contributed by atoms with Gasteiger partial charge in [0.05, 0.1) is 12.1 Å². The summed E-state index contributed by atoms with van der Waals surface area (Å²) in [6.07, 6.45) is -1.12. The summed E-state index contributed by atoms with van der Waals surface area (Å²) in [6.45, 7) is 3.08. The van der Waals surface area contributed by atoms with E-state index in [4.69, 9.17) is 0 Å². The van der Waals surface area contributed by atoms with Crippen LogP contribution in [0.2, 0.25) is 0 Å². The molecule has 0 aliphatic carbocycles. The maximum Gasteiger partial charge on any atom is 0.313 e. The van der Waals surface area contributed by atoms with E-state index < -0.39 is 35.6 Å². The third kappa shape index (κ3) is 4.84. The second kappa shape index (κ2) is 7.85. The monoisotopic (exact) mass is 348 g/mol. The quantitative estimate of drug-likeness (QED) is 0.743. The lowest BCUT2D eigenvalue weighted by molar-refractivity contribution is -0.137. The number of nitrogens with one attached hydrogen (secondary N) is 2. The second-order valence-corrected chi connectivity index (χ2v) is 5.68. The van der Waals surface area contributed by atoms with Gasteiger partial charge in [0.1, 0.15) is 11.6 Å². The van der Waals surface area contributed by atoms with Crippen LogP contribution in [0.1, 0.15) is 24.2 Å². The highest BCUT2D eigenvalue weighted by Crippen LogP contribution is 2.17. The standard InChI is InChI=1S/C18H18F2N2O3/c1-10-3-8-14(9-15(10)20)22-18(25)17(24)21-11(2)16(23)12-4-6-13(19)7-5-12/h3-9,11,16,23H,1-2H3,(H,21,24)(H,22,25). The summed E-state index contributed by atoms with van der Waals surface area (Å²) in [6, 6.07) is 8.41. The zero-order valence-corrected chi connectivity index (χ0v) is 13.7. The zero-order valence-electron chi connectivity index (χ0n) is 13.7. The highest BCUT2D eigenvalue weighted by atomic mass is 19.1. The lowest BCUT2D eigenvalue weighted by atomic mass is 10.0. The van der Waals surface area contributed by atoms with Crippen molar-refractivity contribution in [3.63, 3.8) is 0 Å². The Labute approximate surface area is 143 Å². The van der Waals surface area contributed by atoms with Gasteiger partial charge >= 0.3 is 11.8 Å². The fourth-order valence-corrected chi connectivity index (χ4v) is 2.16. The number of benzene rings is 2. The molecular weight excluding hydrogens is 330 g/mol. The van der Waals surface area contributed by atoms with Crippen LogP contribution in [-0.4, -0.2) is 23.0 Å². The largest absolute Gasteiger partial charge is 0.386 e. The molecule has 0 fully saturated rings. The van der Waals surface area contributed by atoms with E-state index in [0.717, 1.165) is 6.07 Å². The van der Waals surface area contributed by atoms with Crippen molar-refractivity contribution in [2.75, 3.05) is 5.32 Å². The molecule has 0 heterocycles. The smallest absolute Gasteiger partial charge is 0.313 e. The molecule has 2 aromatic rings. The van der Waals surface area contributed by atoms with Crippen LogP contribution >= 0.6 is 0 Å². The first-order valence-corrected chi connectivity index (χ1v) is 7.59. The molecule has 2 rings (SSSR count). The minimum atomic E-state index is -1.12. The van der Waals surface area contributed by atoms with Gasteiger partial charge in [-0.1, -0.05) is 18.2 Å². The molecule has 2 unspecified atom stereocenters. The van der Waals surface area contributed by atoms with E-state index >= 15 is 0 Å². The molecule has 0 saturated heterocycles. The van der Waals surface area contributed by atoms with Crippen molar-refractivity contribution < 1.29 is 23.5 Å². The summed E-state index contributed by atoms with van der Waals surface area (Å²) in [5.74, 6) is -2.91. The number of hydrogen-bond acceptors (Lipinski definition) is 3. The third-order valence-corrected chi connectivity index (χ3v) is 3.68. The van der Waals surface area contributed by atoms with Crippen LogP contribution in [0.25, 0.3) is 0 Å². The second-order valence-electron chi connectivity index (χ2n) is 5.68. The zero-order chi connectivity index (χ0) is 18.6. The van der Waals surface area contributed by atoms with Crippen molar-refractivity contribution in [2.24, 2.45) is 0 Å². The molecule has 3 N–H and O–H groups in total. The van der Waals surface area contributed by atoms with E-state index in [2.05, 4.69) is 10.6 Å². The number of aliphatic hydroxyl groups is 1. The van der Waals surface area contributed by atoms with Crippen molar-refractivity contribution in [3.8, 4) is 0 Å². The van der Waals surface area contributed by atoms with E-state index in [9.17, 15) is 23.5 Å². The van der Waals surface area contributed by atoms with Crippen molar-refractivity contribution >= 4 is 17.5 Å². The Balaban J connectivity index is 1.96. The Morgan fingerprint density at radius 3 is 2.28 bits per heavy atom. The first kappa shape index (κ1) is 18.5. The minimum absolute atomic E-state index is 0.148. The highest BCUT2D eigenvalue weighted by Gasteiger charge is 2.22. The number of carbonyl (C=O) groups is 2. The van der Waals surface area contributed by atoms with Crippen LogP contribution in [0.4, 0.5) is 14.5 Å². The molecule has 0 bridgehead atoms. The third-order valence-electron chi connectivity index (χ3n) is 3.68. The highest BCUT2D eigenvalue weighted by molar-refractivity contribution is 6.39. The molecule has 0 aliphatic rings. The van der Waals surface area contributed by atoms with Crippen LogP contribution in [0.5, 0.6) is 0 Å². The van der Waals surface area contributed by atoms with Crippen LogP contribution in [0.15, 0.2) is 42.5 Å². The van der Waals surface area contributed by atoms with Crippen molar-refractivity contribution in [1.29, 1.82) is 0 Å². The van der Waals surface area contributed by atoms with Gasteiger partial charge in [0.2, 0.25) is 0 Å². The van der Waals surface area contributed by atoms with Crippen LogP contribution in [0, 0.1) is 18.6 Å². The van der Waals surface area contributed by atoms with Crippen LogP contribution in [-0.2, 0) is 9.59 Å². The summed E-state index contributed by atoms with van der Waals surface area (Å²) >= 11 is 0. The van der Waals surface area contributed by atoms with Gasteiger partial charge in [-0.25, -0.2) is 8.78 Å². The Kier molecular flexibility index (Phi) is 5.82. The number of hydrogen-bond donors (Lipinski definition) is 3. The van der Waals surface area contributed by atoms with Gasteiger partial charge in [-0.3, -0.25) is 9.59 Å². The summed E-state index contributed by atoms with van der Waals surface area (Å²) in [5, 5.41) is 14.8. The molecular formula is C18H18F2N2O3. The lowest BCUT2D eigenvalue weighted by Crippen LogP contribution is -2.43. The Morgan fingerprint density at radius 2 is 1.68 bits per heavy atom. The predicted molar refractivity (Wildman–Crippen MR) is 88.7 cm³/mol. The van der Waals surface area contributed by atoms with E-state index in [0.29, 0.717) is 11.1 Å². The van der Waals surface area contributed by atoms with Gasteiger partial charge in [0.25, 0.3) is 0 Å². The maximum absolute atomic E-state index is 13.5. The fourth-order valence-electron chi connectivity index (χ4n) is 2.16. The molecule has 2 amide bonds. The fraction of sp³-hybridized carbons (Fsp3) is 0.222. The minimum Gasteiger partial charge on any atom is -0.386 e. The summed E-state index contributed by atoms with van der Waals surface area (Å²) in [7, 11) is 0. The van der Waals surface area contributed by atoms with E-state index in [-0.39, 0.29) is 5.69 Å². The van der Waals surface area contributed by atoms with E-state index in [1.54, 1.807) is 6.92 Å². The summed E-state index contributed by atoms with van der Waals surface area (Å²) in [4.78, 5) is 23.8. The van der Waals surface area contributed by atoms with Crippen molar-refractivity contribution in [2.45, 2.75) is 26.0 Å². The summed E-state index contributed by atoms with van der Waals surface area (Å²) < 4.78 is 26.3. The van der Waals surface area contributed by atoms with E-state index in [1.165, 1.54) is 43.3 Å². The number of anilines is 1. The Morgan fingerprint density at radius 1 is 1.04 bits per heavy atom. The molecule has 132 valence electrons. The lowest BCUT2D eigenvalue weighted by Gasteiger charge is -2.20. The normalized spacial score (nSPS) is 13.0. The number of amides is 2. The molecule has 7 heteroatoms. The van der Waals surface area contributed by atoms with Gasteiger partial charge in [0.15, 0.2) is 0 Å². The number of carbonyl (C=O) groups excluding carboxylic acids is 2. The SMILES string of the molecule is Cc1ccc(NC(=O)C(=O)NC(C)C(O)c2ccc(F)cc2)cc1F. The van der Waals surface area contributed by atoms with Gasteiger partial charge < -0.3 is 15.7 Å². The van der Waals surface area contributed by atoms with Gasteiger partial charge in [-0.15, -0.1) is 0 Å². The van der Waals surface area contributed by atoms with Crippen molar-refractivity contribution in [3.05, 3.63) is 65.2 Å². The summed E-state index contributed by atoms with van der Waals surface area (Å²) in [5.41, 5.74) is 0.962. The first-order valence-electron chi connectivity index (χ1n) is 7.59. The van der Waals surface area contributed by atoms with Gasteiger partial charge in [0, 0.05) is 5.69 Å². The molecule has 25 heavy (non-hydrogen) atoms. The number of rotatable bonds is 4. The van der Waals surface area contributed by atoms with Crippen LogP contribution in [0.3, 0.4) is 0 Å². The molecule has 0 aromatic heterocycles. The molecule has 0 spiro atoms. The molecule has 5 nitrogen and oxygen atoms in total. The molecule has 0 aliphatic heterocycles.